The molecule has 2 aromatic carbocycles. The maximum absolute atomic E-state index is 11.9. The summed E-state index contributed by atoms with van der Waals surface area (Å²) in [7, 11) is -3.83. The largest absolute Gasteiger partial charge is 0.269 e. The Bertz CT molecular complexity index is 871. The third kappa shape index (κ3) is 6.73. The summed E-state index contributed by atoms with van der Waals surface area (Å²) in [6.45, 7) is 0. The summed E-state index contributed by atoms with van der Waals surface area (Å²) in [4.78, 5) is 11.7. The van der Waals surface area contributed by atoms with Gasteiger partial charge in [-0.15, -0.1) is 0 Å². The first kappa shape index (κ1) is 19.1. The maximum atomic E-state index is 11.9. The maximum Gasteiger partial charge on any atom is 0.257 e. The second-order valence-corrected chi connectivity index (χ2v) is 8.81. The Kier molecular flexibility index (Phi) is 6.99. The molecule has 0 unspecified atom stereocenters. The van der Waals surface area contributed by atoms with Gasteiger partial charge in [0.25, 0.3) is 15.9 Å². The van der Waals surface area contributed by atoms with Crippen molar-refractivity contribution in [2.75, 3.05) is 0 Å². The molecule has 124 valence electrons. The molecule has 4 nitrogen and oxygen atoms in total. The Labute approximate surface area is 168 Å². The molecule has 0 spiro atoms. The lowest BCUT2D eigenvalue weighted by molar-refractivity contribution is -0.114. The van der Waals surface area contributed by atoms with Gasteiger partial charge in [0.05, 0.1) is 5.41 Å². The molecular formula is C17H13I2NO3S. The highest BCUT2D eigenvalue weighted by Gasteiger charge is 2.08. The molecule has 24 heavy (non-hydrogen) atoms. The van der Waals surface area contributed by atoms with E-state index in [0.29, 0.717) is 0 Å². The predicted molar refractivity (Wildman–Crippen MR) is 113 cm³/mol. The van der Waals surface area contributed by atoms with Gasteiger partial charge in [0.2, 0.25) is 0 Å². The van der Waals surface area contributed by atoms with Crippen molar-refractivity contribution in [3.05, 3.63) is 78.3 Å². The van der Waals surface area contributed by atoms with E-state index in [4.69, 9.17) is 0 Å². The minimum Gasteiger partial charge on any atom is -0.269 e. The van der Waals surface area contributed by atoms with Crippen molar-refractivity contribution in [1.82, 2.24) is 4.72 Å². The molecule has 0 fully saturated rings. The van der Waals surface area contributed by atoms with Crippen LogP contribution in [0.25, 0.3) is 12.2 Å². The fourth-order valence-electron chi connectivity index (χ4n) is 1.70. The molecule has 0 saturated carbocycles. The molecule has 0 aromatic heterocycles. The number of amides is 1. The number of sulfonamides is 1. The number of hydrogen-bond acceptors (Lipinski definition) is 3. The van der Waals surface area contributed by atoms with Crippen molar-refractivity contribution in [2.45, 2.75) is 0 Å². The number of benzene rings is 2. The molecular weight excluding hydrogens is 552 g/mol. The summed E-state index contributed by atoms with van der Waals surface area (Å²) in [5.41, 5.74) is 1.56. The summed E-state index contributed by atoms with van der Waals surface area (Å²) in [5, 5.41) is 0.978. The van der Waals surface area contributed by atoms with Gasteiger partial charge in [-0.25, -0.2) is 13.1 Å². The molecule has 0 saturated heterocycles. The molecule has 0 aliphatic heterocycles. The minimum atomic E-state index is -3.83. The Morgan fingerprint density at radius 2 is 1.29 bits per heavy atom. The first-order valence-electron chi connectivity index (χ1n) is 6.78. The van der Waals surface area contributed by atoms with Crippen LogP contribution in [0.2, 0.25) is 0 Å². The number of hydrogen-bond donors (Lipinski definition) is 1. The van der Waals surface area contributed by atoms with Crippen molar-refractivity contribution in [1.29, 1.82) is 0 Å². The van der Waals surface area contributed by atoms with E-state index < -0.39 is 15.9 Å². The highest BCUT2D eigenvalue weighted by molar-refractivity contribution is 14.1. The molecule has 1 amide bonds. The Balaban J connectivity index is 1.98. The standard InChI is InChI=1S/C17H13I2NO3S/c18-15-6-1-13(2-7-15)5-10-17(21)20-24(22,23)12-11-14-3-8-16(19)9-4-14/h1-12H,(H,20,21). The molecule has 0 bridgehead atoms. The summed E-state index contributed by atoms with van der Waals surface area (Å²) >= 11 is 4.35. The zero-order valence-electron chi connectivity index (χ0n) is 12.3. The monoisotopic (exact) mass is 565 g/mol. The van der Waals surface area contributed by atoms with Crippen LogP contribution in [0.4, 0.5) is 0 Å². The van der Waals surface area contributed by atoms with Gasteiger partial charge in [-0.05, 0) is 92.7 Å². The first-order chi connectivity index (χ1) is 11.3. The SMILES string of the molecule is O=C(C=Cc1ccc(I)cc1)NS(=O)(=O)C=Cc1ccc(I)cc1. The van der Waals surface area contributed by atoms with Gasteiger partial charge in [0.1, 0.15) is 0 Å². The molecule has 0 heterocycles. The Morgan fingerprint density at radius 3 is 1.79 bits per heavy atom. The summed E-state index contributed by atoms with van der Waals surface area (Å²) in [6, 6.07) is 14.8. The van der Waals surface area contributed by atoms with E-state index in [1.165, 1.54) is 12.2 Å². The average molecular weight is 565 g/mol. The van der Waals surface area contributed by atoms with Crippen LogP contribution in [0.15, 0.2) is 60.0 Å². The molecule has 2 aromatic rings. The van der Waals surface area contributed by atoms with E-state index in [-0.39, 0.29) is 0 Å². The van der Waals surface area contributed by atoms with Crippen LogP contribution in [0.1, 0.15) is 11.1 Å². The van der Waals surface area contributed by atoms with Crippen LogP contribution >= 0.6 is 45.2 Å². The molecule has 7 heteroatoms. The van der Waals surface area contributed by atoms with Crippen LogP contribution in [0.5, 0.6) is 0 Å². The lowest BCUT2D eigenvalue weighted by atomic mass is 10.2. The van der Waals surface area contributed by atoms with E-state index in [0.717, 1.165) is 23.7 Å². The van der Waals surface area contributed by atoms with Crippen LogP contribution < -0.4 is 4.72 Å². The number of nitrogens with one attached hydrogen (secondary N) is 1. The van der Waals surface area contributed by atoms with Crippen LogP contribution in [0, 0.1) is 7.14 Å². The van der Waals surface area contributed by atoms with Crippen molar-refractivity contribution in [3.63, 3.8) is 0 Å². The average Bonchev–Trinajstić information content (AvgIpc) is 2.53. The number of halogens is 2. The zero-order valence-corrected chi connectivity index (χ0v) is 17.4. The minimum absolute atomic E-state index is 0.694. The van der Waals surface area contributed by atoms with Gasteiger partial charge in [-0.1, -0.05) is 24.3 Å². The predicted octanol–water partition coefficient (Wildman–Crippen LogP) is 4.03. The smallest absolute Gasteiger partial charge is 0.257 e. The zero-order chi connectivity index (χ0) is 17.6. The number of rotatable bonds is 5. The fraction of sp³-hybridized carbons (Fsp3) is 0. The van der Waals surface area contributed by atoms with E-state index in [9.17, 15) is 13.2 Å². The van der Waals surface area contributed by atoms with Gasteiger partial charge < -0.3 is 0 Å². The summed E-state index contributed by atoms with van der Waals surface area (Å²) in [6.07, 6.45) is 4.19. The van der Waals surface area contributed by atoms with E-state index in [1.54, 1.807) is 18.2 Å². The van der Waals surface area contributed by atoms with Crippen molar-refractivity contribution in [2.24, 2.45) is 0 Å². The van der Waals surface area contributed by atoms with Crippen molar-refractivity contribution in [3.8, 4) is 0 Å². The second-order valence-electron chi connectivity index (χ2n) is 4.75. The van der Waals surface area contributed by atoms with Gasteiger partial charge >= 0.3 is 0 Å². The number of carbonyl (C=O) groups excluding carboxylic acids is 1. The number of carbonyl (C=O) groups is 1. The Hall–Kier alpha value is -1.20. The van der Waals surface area contributed by atoms with Gasteiger partial charge in [0.15, 0.2) is 0 Å². The highest BCUT2D eigenvalue weighted by atomic mass is 127. The molecule has 2 rings (SSSR count). The fourth-order valence-corrected chi connectivity index (χ4v) is 3.17. The lowest BCUT2D eigenvalue weighted by Gasteiger charge is -2.00. The Morgan fingerprint density at radius 1 is 0.833 bits per heavy atom. The lowest BCUT2D eigenvalue weighted by Crippen LogP contribution is -2.26. The molecule has 1 N–H and O–H groups in total. The molecule has 0 aliphatic rings. The summed E-state index contributed by atoms with van der Waals surface area (Å²) in [5.74, 6) is -0.694. The third-order valence-electron chi connectivity index (χ3n) is 2.85. The topological polar surface area (TPSA) is 63.2 Å². The van der Waals surface area contributed by atoms with E-state index in [2.05, 4.69) is 45.2 Å². The van der Waals surface area contributed by atoms with Gasteiger partial charge in [0, 0.05) is 13.2 Å². The van der Waals surface area contributed by atoms with Gasteiger partial charge in [-0.2, -0.15) is 0 Å². The molecule has 0 radical (unpaired) electrons. The normalized spacial score (nSPS) is 11.9. The molecule has 0 atom stereocenters. The van der Waals surface area contributed by atoms with E-state index in [1.807, 2.05) is 41.1 Å². The van der Waals surface area contributed by atoms with E-state index >= 15 is 0 Å². The summed E-state index contributed by atoms with van der Waals surface area (Å²) < 4.78 is 27.9. The first-order valence-corrected chi connectivity index (χ1v) is 10.5. The molecule has 0 aliphatic carbocycles. The van der Waals surface area contributed by atoms with Crippen molar-refractivity contribution >= 4 is 73.3 Å². The quantitative estimate of drug-likeness (QED) is 0.441. The second kappa shape index (κ2) is 8.77. The van der Waals surface area contributed by atoms with Crippen LogP contribution in [0.3, 0.4) is 0 Å². The van der Waals surface area contributed by atoms with Crippen LogP contribution in [-0.4, -0.2) is 14.3 Å². The van der Waals surface area contributed by atoms with Crippen LogP contribution in [-0.2, 0) is 14.8 Å². The third-order valence-corrected chi connectivity index (χ3v) is 5.27. The van der Waals surface area contributed by atoms with Crippen molar-refractivity contribution < 1.29 is 13.2 Å². The van der Waals surface area contributed by atoms with Gasteiger partial charge in [-0.3, -0.25) is 4.79 Å². The highest BCUT2D eigenvalue weighted by Crippen LogP contribution is 2.09.